The monoisotopic (exact) mass is 541 g/mol. The van der Waals surface area contributed by atoms with Gasteiger partial charge < -0.3 is 19.3 Å². The quantitative estimate of drug-likeness (QED) is 0.462. The van der Waals surface area contributed by atoms with Crippen LogP contribution in [0.25, 0.3) is 0 Å². The molecule has 0 radical (unpaired) electrons. The molecular formula is C29H34ClF2N5O. The van der Waals surface area contributed by atoms with Crippen LogP contribution >= 0.6 is 11.6 Å². The first-order chi connectivity index (χ1) is 18.2. The molecule has 3 heterocycles. The first-order valence-corrected chi connectivity index (χ1v) is 13.5. The first-order valence-electron chi connectivity index (χ1n) is 13.1. The number of hydrogen-bond acceptors (Lipinski definition) is 4. The van der Waals surface area contributed by atoms with Gasteiger partial charge in [0.1, 0.15) is 5.69 Å². The molecular weight excluding hydrogens is 508 g/mol. The van der Waals surface area contributed by atoms with E-state index in [9.17, 15) is 13.6 Å². The molecule has 38 heavy (non-hydrogen) atoms. The number of rotatable bonds is 5. The van der Waals surface area contributed by atoms with Crippen molar-refractivity contribution in [1.82, 2.24) is 14.4 Å². The molecule has 0 saturated carbocycles. The molecule has 0 bridgehead atoms. The largest absolute Gasteiger partial charge is 0.368 e. The lowest BCUT2D eigenvalue weighted by molar-refractivity contribution is 0.0737. The summed E-state index contributed by atoms with van der Waals surface area (Å²) in [6, 6.07) is 12.9. The maximum Gasteiger partial charge on any atom is 0.270 e. The van der Waals surface area contributed by atoms with Crippen molar-refractivity contribution in [3.63, 3.8) is 0 Å². The first kappa shape index (κ1) is 26.5. The van der Waals surface area contributed by atoms with Gasteiger partial charge in [-0.2, -0.15) is 0 Å². The molecule has 5 rings (SSSR count). The summed E-state index contributed by atoms with van der Waals surface area (Å²) in [5, 5.41) is 0.781. The van der Waals surface area contributed by atoms with Crippen molar-refractivity contribution in [2.75, 3.05) is 62.2 Å². The average Bonchev–Trinajstić information content (AvgIpc) is 3.20. The Bertz CT molecular complexity index is 1300. The Hall–Kier alpha value is -3.10. The van der Waals surface area contributed by atoms with Gasteiger partial charge in [-0.25, -0.2) is 8.78 Å². The third kappa shape index (κ3) is 5.24. The molecule has 2 aliphatic heterocycles. The highest BCUT2D eigenvalue weighted by Crippen LogP contribution is 2.27. The number of hydrogen-bond donors (Lipinski definition) is 0. The highest BCUT2D eigenvalue weighted by atomic mass is 35.5. The zero-order valence-corrected chi connectivity index (χ0v) is 22.9. The number of aromatic nitrogens is 1. The lowest BCUT2D eigenvalue weighted by atomic mass is 10.1. The fourth-order valence-corrected chi connectivity index (χ4v) is 5.70. The molecule has 0 aliphatic carbocycles. The highest BCUT2D eigenvalue weighted by molar-refractivity contribution is 6.33. The van der Waals surface area contributed by atoms with Gasteiger partial charge in [0, 0.05) is 83.4 Å². The zero-order valence-electron chi connectivity index (χ0n) is 22.2. The predicted molar refractivity (Wildman–Crippen MR) is 148 cm³/mol. The van der Waals surface area contributed by atoms with Gasteiger partial charge in [0.05, 0.1) is 10.7 Å². The van der Waals surface area contributed by atoms with Crippen molar-refractivity contribution in [1.29, 1.82) is 0 Å². The summed E-state index contributed by atoms with van der Waals surface area (Å²) in [6.07, 6.45) is 0. The van der Waals surface area contributed by atoms with Gasteiger partial charge in [-0.05, 0) is 49.2 Å². The van der Waals surface area contributed by atoms with E-state index in [1.807, 2.05) is 45.7 Å². The van der Waals surface area contributed by atoms with E-state index >= 15 is 0 Å². The second-order valence-electron chi connectivity index (χ2n) is 10.3. The van der Waals surface area contributed by atoms with Gasteiger partial charge in [-0.15, -0.1) is 0 Å². The van der Waals surface area contributed by atoms with Gasteiger partial charge in [0.2, 0.25) is 0 Å². The average molecular weight is 542 g/mol. The van der Waals surface area contributed by atoms with Crippen molar-refractivity contribution in [2.24, 2.45) is 7.05 Å². The van der Waals surface area contributed by atoms with Gasteiger partial charge in [0.25, 0.3) is 5.91 Å². The molecule has 6 nitrogen and oxygen atoms in total. The van der Waals surface area contributed by atoms with Crippen molar-refractivity contribution >= 4 is 28.9 Å². The van der Waals surface area contributed by atoms with Crippen LogP contribution in [0.4, 0.5) is 20.2 Å². The minimum atomic E-state index is -0.837. The third-order valence-electron chi connectivity index (χ3n) is 7.95. The van der Waals surface area contributed by atoms with Crippen LogP contribution in [0.1, 0.15) is 27.3 Å². The normalized spacial score (nSPS) is 16.8. The number of amides is 1. The molecule has 1 aromatic heterocycles. The molecule has 0 unspecified atom stereocenters. The Labute approximate surface area is 228 Å². The van der Waals surface area contributed by atoms with E-state index in [1.54, 1.807) is 13.0 Å². The molecule has 2 saturated heterocycles. The van der Waals surface area contributed by atoms with Crippen LogP contribution in [0, 0.1) is 25.5 Å². The number of halogens is 3. The molecule has 1 amide bonds. The standard InChI is InChI=1S/C29H34ClF2N5O/c1-20-16-23(18-25(31)28(20)32)35-12-14-37(15-13-35)29(38)27-17-22(21(2)33(27)3)19-34-8-10-36(11-9-34)26-7-5-4-6-24(26)30/h4-7,16-18H,8-15,19H2,1-3H3. The van der Waals surface area contributed by atoms with Gasteiger partial charge in [0.15, 0.2) is 11.6 Å². The Morgan fingerprint density at radius 2 is 1.55 bits per heavy atom. The van der Waals surface area contributed by atoms with Crippen LogP contribution in [-0.4, -0.2) is 72.6 Å². The Morgan fingerprint density at radius 3 is 2.21 bits per heavy atom. The number of para-hydroxylation sites is 1. The fraction of sp³-hybridized carbons (Fsp3) is 0.414. The maximum atomic E-state index is 13.9. The number of carbonyl (C=O) groups excluding carboxylic acids is 1. The molecule has 9 heteroatoms. The van der Waals surface area contributed by atoms with E-state index in [4.69, 9.17) is 11.6 Å². The molecule has 202 valence electrons. The van der Waals surface area contributed by atoms with Crippen LogP contribution in [0.15, 0.2) is 42.5 Å². The molecule has 0 N–H and O–H groups in total. The second-order valence-corrected chi connectivity index (χ2v) is 10.7. The van der Waals surface area contributed by atoms with Gasteiger partial charge >= 0.3 is 0 Å². The van der Waals surface area contributed by atoms with Crippen LogP contribution in [0.3, 0.4) is 0 Å². The summed E-state index contributed by atoms with van der Waals surface area (Å²) in [7, 11) is 1.95. The molecule has 2 aliphatic rings. The second kappa shape index (κ2) is 10.9. The minimum Gasteiger partial charge on any atom is -0.368 e. The molecule has 0 spiro atoms. The van der Waals surface area contributed by atoms with Gasteiger partial charge in [-0.3, -0.25) is 9.69 Å². The van der Waals surface area contributed by atoms with E-state index in [-0.39, 0.29) is 11.5 Å². The fourth-order valence-electron chi connectivity index (χ4n) is 5.44. The SMILES string of the molecule is Cc1cc(N2CCN(C(=O)c3cc(CN4CCN(c5ccccc5Cl)CC4)c(C)n3C)CC2)cc(F)c1F. The molecule has 3 aromatic rings. The lowest BCUT2D eigenvalue weighted by Gasteiger charge is -2.36. The smallest absolute Gasteiger partial charge is 0.270 e. The van der Waals surface area contributed by atoms with Gasteiger partial charge in [-0.1, -0.05) is 23.7 Å². The maximum absolute atomic E-state index is 13.9. The van der Waals surface area contributed by atoms with Crippen LogP contribution < -0.4 is 9.80 Å². The Kier molecular flexibility index (Phi) is 7.63. The number of carbonyl (C=O) groups is 1. The van der Waals surface area contributed by atoms with Crippen LogP contribution in [0.2, 0.25) is 5.02 Å². The van der Waals surface area contributed by atoms with E-state index < -0.39 is 11.6 Å². The number of nitrogens with zero attached hydrogens (tertiary/aromatic N) is 5. The summed E-state index contributed by atoms with van der Waals surface area (Å²) in [6.45, 7) is 10.3. The summed E-state index contributed by atoms with van der Waals surface area (Å²) >= 11 is 6.39. The van der Waals surface area contributed by atoms with E-state index in [0.717, 1.165) is 54.7 Å². The number of aryl methyl sites for hydroxylation is 1. The highest BCUT2D eigenvalue weighted by Gasteiger charge is 2.27. The third-order valence-corrected chi connectivity index (χ3v) is 8.27. The van der Waals surface area contributed by atoms with E-state index in [0.29, 0.717) is 37.6 Å². The predicted octanol–water partition coefficient (Wildman–Crippen LogP) is 4.86. The summed E-state index contributed by atoms with van der Waals surface area (Å²) in [4.78, 5) is 22.1. The van der Waals surface area contributed by atoms with Crippen LogP contribution in [-0.2, 0) is 13.6 Å². The van der Waals surface area contributed by atoms with E-state index in [2.05, 4.69) is 22.8 Å². The van der Waals surface area contributed by atoms with Crippen molar-refractivity contribution < 1.29 is 13.6 Å². The lowest BCUT2D eigenvalue weighted by Crippen LogP contribution is -2.49. The number of piperazine rings is 2. The van der Waals surface area contributed by atoms with E-state index in [1.165, 1.54) is 6.07 Å². The summed E-state index contributed by atoms with van der Waals surface area (Å²) in [5.74, 6) is -1.64. The van der Waals surface area contributed by atoms with Crippen molar-refractivity contribution in [3.05, 3.63) is 81.6 Å². The molecule has 0 atom stereocenters. The topological polar surface area (TPSA) is 35.0 Å². The Morgan fingerprint density at radius 1 is 0.895 bits per heavy atom. The summed E-state index contributed by atoms with van der Waals surface area (Å²) in [5.41, 5.74) is 4.97. The molecule has 2 fully saturated rings. The number of benzene rings is 2. The van der Waals surface area contributed by atoms with Crippen molar-refractivity contribution in [3.8, 4) is 0 Å². The van der Waals surface area contributed by atoms with Crippen molar-refractivity contribution in [2.45, 2.75) is 20.4 Å². The number of anilines is 2. The minimum absolute atomic E-state index is 0.00602. The Balaban J connectivity index is 1.20. The van der Waals surface area contributed by atoms with Crippen LogP contribution in [0.5, 0.6) is 0 Å². The molecule has 2 aromatic carbocycles. The zero-order chi connectivity index (χ0) is 27.0. The summed E-state index contributed by atoms with van der Waals surface area (Å²) < 4.78 is 29.6.